The van der Waals surface area contributed by atoms with Crippen LogP contribution in [0.4, 0.5) is 0 Å². The molecule has 0 N–H and O–H groups in total. The number of hydrogen-bond donors (Lipinski definition) is 0. The van der Waals surface area contributed by atoms with Crippen molar-refractivity contribution in [2.75, 3.05) is 0 Å². The number of rotatable bonds is 15. The summed E-state index contributed by atoms with van der Waals surface area (Å²) in [6.07, 6.45) is 3.25. The van der Waals surface area contributed by atoms with Crippen LogP contribution in [0.5, 0.6) is 0 Å². The molecule has 0 aliphatic rings. The van der Waals surface area contributed by atoms with Crippen LogP contribution in [0.15, 0.2) is 266 Å². The summed E-state index contributed by atoms with van der Waals surface area (Å²) in [6.45, 7) is 11.5. The maximum atomic E-state index is 15.2. The van der Waals surface area contributed by atoms with Crippen LogP contribution in [0.2, 0.25) is 0 Å². The van der Waals surface area contributed by atoms with E-state index in [-0.39, 0.29) is 23.1 Å². The van der Waals surface area contributed by atoms with E-state index in [1.165, 1.54) is 0 Å². The van der Waals surface area contributed by atoms with Gasteiger partial charge in [0.15, 0.2) is 0 Å². The molecule has 8 rings (SSSR count). The average Bonchev–Trinajstić information content (AvgIpc) is 3.38. The molecule has 0 saturated heterocycles. The van der Waals surface area contributed by atoms with E-state index in [1.807, 2.05) is 90.1 Å². The van der Waals surface area contributed by atoms with Crippen molar-refractivity contribution in [2.45, 2.75) is 41.5 Å². The van der Waals surface area contributed by atoms with Gasteiger partial charge < -0.3 is 0 Å². The van der Waals surface area contributed by atoms with Crippen LogP contribution in [0, 0.1) is 10.8 Å². The van der Waals surface area contributed by atoms with Gasteiger partial charge in [0.2, 0.25) is 0 Å². The Hall–Kier alpha value is -6.18. The molecule has 68 heavy (non-hydrogen) atoms. The van der Waals surface area contributed by atoms with E-state index < -0.39 is 46.5 Å². The molecule has 0 amide bonds. The Labute approximate surface area is 406 Å². The van der Waals surface area contributed by atoms with Gasteiger partial charge in [0.05, 0.1) is 0 Å². The molecule has 0 aromatic heterocycles. The quantitative estimate of drug-likeness (QED) is 0.0446. The van der Waals surface area contributed by atoms with Gasteiger partial charge >= 0.3 is 410 Å². The third-order valence-electron chi connectivity index (χ3n) is 12.8. The first-order valence-corrected chi connectivity index (χ1v) is 35.5. The van der Waals surface area contributed by atoms with Gasteiger partial charge in [-0.25, -0.2) is 0 Å². The summed E-state index contributed by atoms with van der Waals surface area (Å²) in [7, 11) is 0. The van der Waals surface area contributed by atoms with Crippen LogP contribution >= 0.6 is 0 Å². The SMILES string of the molecule is CC(C)(C)C(=O)C=C([O][Sb]([c]1ccccc1)([c]1ccccc1)([c]1ccccc1)[c]1ccccc1)C(=CC(=O)C(C)(C)C)[O][Sb]([c]1ccccc1)([c]1ccccc1)([c]1ccccc1)[c]1ccccc1. The third kappa shape index (κ3) is 8.31. The first-order valence-electron chi connectivity index (χ1n) is 23.2. The van der Waals surface area contributed by atoms with Crippen LogP contribution in [0.1, 0.15) is 41.5 Å². The maximum absolute atomic E-state index is 15.2. The molecule has 0 radical (unpaired) electrons. The predicted molar refractivity (Wildman–Crippen MR) is 287 cm³/mol. The fourth-order valence-corrected chi connectivity index (χ4v) is 41.9. The summed E-state index contributed by atoms with van der Waals surface area (Å²) < 4.78 is 24.9. The number of allylic oxidation sites excluding steroid dienone is 2. The van der Waals surface area contributed by atoms with Crippen molar-refractivity contribution < 1.29 is 15.6 Å². The Morgan fingerprint density at radius 2 is 0.441 bits per heavy atom. The monoisotopic (exact) mass is 1110 g/mol. The summed E-state index contributed by atoms with van der Waals surface area (Å²) in [4.78, 5) is 30.5. The molecule has 0 aliphatic carbocycles. The Kier molecular flexibility index (Phi) is 13.8. The molecule has 0 saturated carbocycles. The molecule has 0 spiro atoms. The molecule has 6 heteroatoms. The Morgan fingerprint density at radius 1 is 0.294 bits per heavy atom. The topological polar surface area (TPSA) is 52.6 Å². The second kappa shape index (κ2) is 19.4. The number of benzene rings is 8. The van der Waals surface area contributed by atoms with Crippen LogP contribution < -0.4 is 28.1 Å². The van der Waals surface area contributed by atoms with Crippen molar-refractivity contribution in [1.82, 2.24) is 0 Å². The first-order chi connectivity index (χ1) is 32.7. The van der Waals surface area contributed by atoms with E-state index in [0.29, 0.717) is 0 Å². The van der Waals surface area contributed by atoms with Gasteiger partial charge in [0.25, 0.3) is 0 Å². The molecule has 0 bridgehead atoms. The molecular weight excluding hydrogens is 1050 g/mol. The zero-order valence-electron chi connectivity index (χ0n) is 39.8. The van der Waals surface area contributed by atoms with Gasteiger partial charge in [-0.05, 0) is 0 Å². The number of hydrogen-bond acceptors (Lipinski definition) is 4. The van der Waals surface area contributed by atoms with E-state index in [1.54, 1.807) is 12.2 Å². The summed E-state index contributed by atoms with van der Waals surface area (Å²) in [5, 5.41) is 0. The number of carbonyl (C=O) groups excluding carboxylic acids is 2. The summed E-state index contributed by atoms with van der Waals surface area (Å²) in [5.74, 6) is -0.00795. The van der Waals surface area contributed by atoms with Crippen molar-refractivity contribution in [1.29, 1.82) is 0 Å². The Morgan fingerprint density at radius 3 is 0.574 bits per heavy atom. The molecule has 0 fully saturated rings. The van der Waals surface area contributed by atoms with Crippen molar-refractivity contribution in [3.8, 4) is 0 Å². The zero-order chi connectivity index (χ0) is 47.9. The summed E-state index contributed by atoms with van der Waals surface area (Å²) in [5.41, 5.74) is -1.71. The van der Waals surface area contributed by atoms with Gasteiger partial charge in [-0.15, -0.1) is 0 Å². The van der Waals surface area contributed by atoms with E-state index in [4.69, 9.17) is 6.03 Å². The Balaban J connectivity index is 1.63. The molecule has 0 heterocycles. The zero-order valence-corrected chi connectivity index (χ0v) is 44.9. The molecule has 8 aromatic carbocycles. The van der Waals surface area contributed by atoms with Crippen molar-refractivity contribution in [3.05, 3.63) is 266 Å². The molecule has 0 atom stereocenters. The van der Waals surface area contributed by atoms with Gasteiger partial charge in [0.1, 0.15) is 0 Å². The first kappa shape index (κ1) is 48.3. The fourth-order valence-electron chi connectivity index (χ4n) is 9.26. The number of ketones is 2. The second-order valence-electron chi connectivity index (χ2n) is 19.2. The second-order valence-corrected chi connectivity index (χ2v) is 43.8. The minimum atomic E-state index is -5.96. The van der Waals surface area contributed by atoms with Crippen LogP contribution in [-0.4, -0.2) is 47.2 Å². The van der Waals surface area contributed by atoms with E-state index in [9.17, 15) is 0 Å². The summed E-state index contributed by atoms with van der Waals surface area (Å²) in [6, 6.07) is 83.7. The third-order valence-corrected chi connectivity index (χ3v) is 45.3. The van der Waals surface area contributed by atoms with E-state index >= 15 is 9.59 Å². The molecule has 342 valence electrons. The molecule has 0 aliphatic heterocycles. The van der Waals surface area contributed by atoms with Crippen LogP contribution in [0.25, 0.3) is 0 Å². The summed E-state index contributed by atoms with van der Waals surface area (Å²) >= 11 is -11.9. The van der Waals surface area contributed by atoms with Crippen molar-refractivity contribution in [3.63, 3.8) is 0 Å². The van der Waals surface area contributed by atoms with Gasteiger partial charge in [-0.2, -0.15) is 0 Å². The molecule has 4 nitrogen and oxygen atoms in total. The van der Waals surface area contributed by atoms with Gasteiger partial charge in [0, 0.05) is 0 Å². The average molecular weight is 1110 g/mol. The normalized spacial score (nSPS) is 13.8. The Bertz CT molecular complexity index is 2480. The standard InChI is InChI=1S/C14H22O4.8C6H5.2Sb/c1-13(2,3)11(17)7-9(15)10(16)8-12(18)14(4,5)6;8*1-2-4-6-5-3-1;;/h7-8,15-16H,1-6H3;8*1-5H;;/q;;;;;;;;;2*+1/p-2. The van der Waals surface area contributed by atoms with Crippen molar-refractivity contribution >= 4 is 75.3 Å². The minimum absolute atomic E-state index is 0.182. The molecule has 0 unspecified atom stereocenters. The van der Waals surface area contributed by atoms with Gasteiger partial charge in [-0.3, -0.25) is 0 Å². The van der Waals surface area contributed by atoms with Crippen LogP contribution in [0.3, 0.4) is 0 Å². The van der Waals surface area contributed by atoms with E-state index in [2.05, 4.69) is 194 Å². The molecule has 8 aromatic rings. The molecular formula is C62H60O4Sb2. The van der Waals surface area contributed by atoms with Gasteiger partial charge in [-0.1, -0.05) is 0 Å². The van der Waals surface area contributed by atoms with Crippen molar-refractivity contribution in [2.24, 2.45) is 10.8 Å². The number of carbonyl (C=O) groups is 2. The fraction of sp³-hybridized carbons (Fsp3) is 0.129. The van der Waals surface area contributed by atoms with Crippen LogP contribution in [-0.2, 0) is 15.6 Å². The predicted octanol–water partition coefficient (Wildman–Crippen LogP) is 9.07. The van der Waals surface area contributed by atoms with E-state index in [0.717, 1.165) is 28.1 Å².